The second-order valence-electron chi connectivity index (χ2n) is 5.71. The van der Waals surface area contributed by atoms with Gasteiger partial charge in [0.25, 0.3) is 0 Å². The highest BCUT2D eigenvalue weighted by Gasteiger charge is 2.08. The average Bonchev–Trinajstić information content (AvgIpc) is 2.60. The molecule has 0 saturated carbocycles. The minimum atomic E-state index is -0.809. The van der Waals surface area contributed by atoms with Gasteiger partial charge in [-0.2, -0.15) is 0 Å². The minimum absolute atomic E-state index is 0.0609. The van der Waals surface area contributed by atoms with Crippen LogP contribution in [0.2, 0.25) is 0 Å². The first kappa shape index (κ1) is 18.9. The van der Waals surface area contributed by atoms with Gasteiger partial charge in [0, 0.05) is 19.2 Å². The van der Waals surface area contributed by atoms with Crippen molar-refractivity contribution in [2.45, 2.75) is 26.9 Å². The summed E-state index contributed by atoms with van der Waals surface area (Å²) in [6, 6.07) is 10.4. The molecule has 0 spiro atoms. The summed E-state index contributed by atoms with van der Waals surface area (Å²) in [4.78, 5) is 14.2. The molecule has 25 heavy (non-hydrogen) atoms. The van der Waals surface area contributed by atoms with Gasteiger partial charge < -0.3 is 10.6 Å². The first-order chi connectivity index (χ1) is 12.0. The van der Waals surface area contributed by atoms with Crippen molar-refractivity contribution in [3.63, 3.8) is 0 Å². The lowest BCUT2D eigenvalue weighted by Crippen LogP contribution is -2.28. The van der Waals surface area contributed by atoms with Crippen molar-refractivity contribution in [3.05, 3.63) is 65.2 Å². The van der Waals surface area contributed by atoms with Gasteiger partial charge in [-0.15, -0.1) is 0 Å². The molecule has 4 nitrogen and oxygen atoms in total. The Hall–Kier alpha value is -2.47. The number of nitrogens with one attached hydrogen (secondary N) is 2. The van der Waals surface area contributed by atoms with Crippen LogP contribution in [0.1, 0.15) is 25.0 Å². The Morgan fingerprint density at radius 3 is 2.44 bits per heavy atom. The Balaban J connectivity index is 1.91. The van der Waals surface area contributed by atoms with Crippen molar-refractivity contribution < 1.29 is 13.6 Å². The topological polar surface area (TPSA) is 44.4 Å². The lowest BCUT2D eigenvalue weighted by Gasteiger charge is -2.18. The average molecular weight is 347 g/mol. The number of urea groups is 1. The molecule has 0 bridgehead atoms. The summed E-state index contributed by atoms with van der Waals surface area (Å²) < 4.78 is 26.4. The fraction of sp³-hybridized carbons (Fsp3) is 0.316. The van der Waals surface area contributed by atoms with Crippen molar-refractivity contribution in [2.75, 3.05) is 18.4 Å². The third kappa shape index (κ3) is 5.83. The lowest BCUT2D eigenvalue weighted by atomic mass is 10.1. The van der Waals surface area contributed by atoms with Gasteiger partial charge in [-0.25, -0.2) is 13.6 Å². The number of carbonyl (C=O) groups excluding carboxylic acids is 1. The molecule has 0 unspecified atom stereocenters. The summed E-state index contributed by atoms with van der Waals surface area (Å²) in [7, 11) is 0. The SMILES string of the molecule is CCN(CC)Cc1cccc(CNC(=O)Nc2ccc(F)cc2F)c1. The number of halogens is 2. The van der Waals surface area contributed by atoms with E-state index in [0.717, 1.165) is 37.3 Å². The Labute approximate surface area is 146 Å². The molecule has 2 aromatic rings. The van der Waals surface area contributed by atoms with Gasteiger partial charge in [-0.05, 0) is 36.3 Å². The molecule has 0 saturated heterocycles. The van der Waals surface area contributed by atoms with Gasteiger partial charge in [0.05, 0.1) is 5.69 Å². The molecule has 0 aliphatic carbocycles. The quantitative estimate of drug-likeness (QED) is 0.791. The van der Waals surface area contributed by atoms with Crippen molar-refractivity contribution in [1.29, 1.82) is 0 Å². The second-order valence-corrected chi connectivity index (χ2v) is 5.71. The number of carbonyl (C=O) groups is 1. The standard InChI is InChI=1S/C19H23F2N3O/c1-3-24(4-2)13-15-7-5-6-14(10-15)12-22-19(25)23-18-9-8-16(20)11-17(18)21/h5-11H,3-4,12-13H2,1-2H3,(H2,22,23,25). The van der Waals surface area contributed by atoms with Gasteiger partial charge in [-0.1, -0.05) is 38.1 Å². The Morgan fingerprint density at radius 1 is 1.04 bits per heavy atom. The maximum atomic E-state index is 13.5. The summed E-state index contributed by atoms with van der Waals surface area (Å²) in [5, 5.41) is 5.05. The van der Waals surface area contributed by atoms with E-state index in [1.807, 2.05) is 18.2 Å². The molecular weight excluding hydrogens is 324 g/mol. The van der Waals surface area contributed by atoms with Crippen LogP contribution in [0.25, 0.3) is 0 Å². The van der Waals surface area contributed by atoms with Gasteiger partial charge in [0.2, 0.25) is 0 Å². The lowest BCUT2D eigenvalue weighted by molar-refractivity contribution is 0.251. The number of hydrogen-bond acceptors (Lipinski definition) is 2. The van der Waals surface area contributed by atoms with Crippen molar-refractivity contribution in [2.24, 2.45) is 0 Å². The van der Waals surface area contributed by atoms with Crippen molar-refractivity contribution >= 4 is 11.7 Å². The molecule has 2 aromatic carbocycles. The van der Waals surface area contributed by atoms with Crippen LogP contribution >= 0.6 is 0 Å². The molecule has 0 aromatic heterocycles. The Morgan fingerprint density at radius 2 is 1.76 bits per heavy atom. The zero-order valence-corrected chi connectivity index (χ0v) is 14.5. The first-order valence-electron chi connectivity index (χ1n) is 8.32. The molecule has 0 fully saturated rings. The number of rotatable bonds is 7. The molecular formula is C19H23F2N3O. The molecule has 0 atom stereocenters. The number of benzene rings is 2. The predicted molar refractivity (Wildman–Crippen MR) is 95.3 cm³/mol. The van der Waals surface area contributed by atoms with Crippen molar-refractivity contribution in [1.82, 2.24) is 10.2 Å². The molecule has 0 aliphatic rings. The van der Waals surface area contributed by atoms with E-state index >= 15 is 0 Å². The predicted octanol–water partition coefficient (Wildman–Crippen LogP) is 4.13. The van der Waals surface area contributed by atoms with E-state index in [1.54, 1.807) is 0 Å². The first-order valence-corrected chi connectivity index (χ1v) is 8.32. The molecule has 2 rings (SSSR count). The van der Waals surface area contributed by atoms with Gasteiger partial charge >= 0.3 is 6.03 Å². The zero-order chi connectivity index (χ0) is 18.2. The summed E-state index contributed by atoms with van der Waals surface area (Å²) in [6.45, 7) is 7.37. The van der Waals surface area contributed by atoms with E-state index in [9.17, 15) is 13.6 Å². The van der Waals surface area contributed by atoms with Crippen LogP contribution in [0.3, 0.4) is 0 Å². The highest BCUT2D eigenvalue weighted by atomic mass is 19.1. The highest BCUT2D eigenvalue weighted by Crippen LogP contribution is 2.14. The molecule has 2 amide bonds. The largest absolute Gasteiger partial charge is 0.334 e. The molecule has 134 valence electrons. The van der Waals surface area contributed by atoms with Crippen LogP contribution in [-0.2, 0) is 13.1 Å². The molecule has 6 heteroatoms. The van der Waals surface area contributed by atoms with Crippen LogP contribution in [0, 0.1) is 11.6 Å². The van der Waals surface area contributed by atoms with Crippen LogP contribution in [-0.4, -0.2) is 24.0 Å². The van der Waals surface area contributed by atoms with Crippen LogP contribution in [0.15, 0.2) is 42.5 Å². The van der Waals surface area contributed by atoms with E-state index in [-0.39, 0.29) is 5.69 Å². The summed E-state index contributed by atoms with van der Waals surface area (Å²) >= 11 is 0. The van der Waals surface area contributed by atoms with Gasteiger partial charge in [0.15, 0.2) is 0 Å². The van der Waals surface area contributed by atoms with E-state index in [1.165, 1.54) is 11.6 Å². The number of hydrogen-bond donors (Lipinski definition) is 2. The third-order valence-electron chi connectivity index (χ3n) is 3.92. The third-order valence-corrected chi connectivity index (χ3v) is 3.92. The highest BCUT2D eigenvalue weighted by molar-refractivity contribution is 5.89. The van der Waals surface area contributed by atoms with E-state index in [4.69, 9.17) is 0 Å². The molecule has 0 heterocycles. The normalized spacial score (nSPS) is 10.8. The van der Waals surface area contributed by atoms with E-state index in [2.05, 4.69) is 35.4 Å². The molecule has 0 radical (unpaired) electrons. The smallest absolute Gasteiger partial charge is 0.319 e. The van der Waals surface area contributed by atoms with Gasteiger partial charge in [-0.3, -0.25) is 4.90 Å². The minimum Gasteiger partial charge on any atom is -0.334 e. The monoisotopic (exact) mass is 347 g/mol. The fourth-order valence-electron chi connectivity index (χ4n) is 2.48. The van der Waals surface area contributed by atoms with Crippen molar-refractivity contribution in [3.8, 4) is 0 Å². The zero-order valence-electron chi connectivity index (χ0n) is 14.5. The van der Waals surface area contributed by atoms with Crippen LogP contribution < -0.4 is 10.6 Å². The number of amides is 2. The summed E-state index contributed by atoms with van der Waals surface area (Å²) in [5.41, 5.74) is 2.07. The summed E-state index contributed by atoms with van der Waals surface area (Å²) in [5.74, 6) is -1.50. The number of nitrogens with zero attached hydrogens (tertiary/aromatic N) is 1. The summed E-state index contributed by atoms with van der Waals surface area (Å²) in [6.07, 6.45) is 0. The number of anilines is 1. The molecule has 0 aliphatic heterocycles. The maximum absolute atomic E-state index is 13.5. The second kappa shape index (κ2) is 9.13. The fourth-order valence-corrected chi connectivity index (χ4v) is 2.48. The Kier molecular flexibility index (Phi) is 6.89. The van der Waals surface area contributed by atoms with E-state index in [0.29, 0.717) is 6.54 Å². The molecule has 2 N–H and O–H groups in total. The van der Waals surface area contributed by atoms with E-state index < -0.39 is 17.7 Å². The van der Waals surface area contributed by atoms with Crippen LogP contribution in [0.5, 0.6) is 0 Å². The van der Waals surface area contributed by atoms with Crippen LogP contribution in [0.4, 0.5) is 19.3 Å². The Bertz CT molecular complexity index is 718. The maximum Gasteiger partial charge on any atom is 0.319 e. The van der Waals surface area contributed by atoms with Gasteiger partial charge in [0.1, 0.15) is 11.6 Å².